The molecule has 4 heteroatoms. The van der Waals surface area contributed by atoms with E-state index in [1.54, 1.807) is 4.68 Å². The summed E-state index contributed by atoms with van der Waals surface area (Å²) < 4.78 is 3.57. The number of benzene rings is 1. The molecule has 0 amide bonds. The van der Waals surface area contributed by atoms with Gasteiger partial charge < -0.3 is 5.32 Å². The Morgan fingerprint density at radius 3 is 2.50 bits per heavy atom. The first kappa shape index (κ1) is 12.5. The Labute approximate surface area is 107 Å². The minimum Gasteiger partial charge on any atom is -0.379 e. The molecule has 2 rings (SSSR count). The van der Waals surface area contributed by atoms with E-state index in [1.807, 2.05) is 49.0 Å². The Morgan fingerprint density at radius 2 is 1.89 bits per heavy atom. The zero-order valence-electron chi connectivity index (χ0n) is 11.1. The van der Waals surface area contributed by atoms with Gasteiger partial charge in [0.2, 0.25) is 0 Å². The van der Waals surface area contributed by atoms with Gasteiger partial charge in [0.25, 0.3) is 5.56 Å². The van der Waals surface area contributed by atoms with Crippen molar-refractivity contribution >= 4 is 5.69 Å². The highest BCUT2D eigenvalue weighted by atomic mass is 16.1. The van der Waals surface area contributed by atoms with E-state index >= 15 is 0 Å². The maximum Gasteiger partial charge on any atom is 0.295 e. The van der Waals surface area contributed by atoms with E-state index < -0.39 is 0 Å². The summed E-state index contributed by atoms with van der Waals surface area (Å²) in [4.78, 5) is 12.4. The van der Waals surface area contributed by atoms with Crippen LogP contribution in [0.15, 0.2) is 35.1 Å². The van der Waals surface area contributed by atoms with Crippen LogP contribution in [-0.4, -0.2) is 15.9 Å². The average molecular weight is 245 g/mol. The first-order valence-corrected chi connectivity index (χ1v) is 6.24. The van der Waals surface area contributed by atoms with E-state index in [0.29, 0.717) is 5.69 Å². The number of rotatable bonds is 4. The summed E-state index contributed by atoms with van der Waals surface area (Å²) in [6.07, 6.45) is 0.999. The summed E-state index contributed by atoms with van der Waals surface area (Å²) in [5.74, 6) is 0. The van der Waals surface area contributed by atoms with Gasteiger partial charge in [-0.2, -0.15) is 0 Å². The van der Waals surface area contributed by atoms with Gasteiger partial charge in [-0.15, -0.1) is 0 Å². The molecule has 0 aliphatic rings. The molecule has 0 radical (unpaired) electrons. The molecule has 0 aliphatic carbocycles. The Morgan fingerprint density at radius 1 is 1.22 bits per heavy atom. The second-order valence-electron chi connectivity index (χ2n) is 4.36. The van der Waals surface area contributed by atoms with Gasteiger partial charge in [0.1, 0.15) is 5.69 Å². The van der Waals surface area contributed by atoms with Crippen LogP contribution in [-0.2, 0) is 7.05 Å². The summed E-state index contributed by atoms with van der Waals surface area (Å²) in [6, 6.07) is 9.68. The van der Waals surface area contributed by atoms with Crippen LogP contribution in [0, 0.1) is 6.92 Å². The first-order valence-electron chi connectivity index (χ1n) is 6.24. The molecule has 0 fully saturated rings. The van der Waals surface area contributed by atoms with Gasteiger partial charge in [-0.25, -0.2) is 4.68 Å². The maximum atomic E-state index is 12.4. The molecule has 96 valence electrons. The van der Waals surface area contributed by atoms with Crippen molar-refractivity contribution in [1.82, 2.24) is 9.36 Å². The molecular formula is C14H19N3O. The predicted octanol–water partition coefficient (Wildman–Crippen LogP) is 2.31. The fourth-order valence-corrected chi connectivity index (χ4v) is 2.02. The molecule has 0 unspecified atom stereocenters. The lowest BCUT2D eigenvalue weighted by molar-refractivity contribution is 0.630. The number of para-hydroxylation sites is 1. The molecule has 0 bridgehead atoms. The predicted molar refractivity (Wildman–Crippen MR) is 74.5 cm³/mol. The van der Waals surface area contributed by atoms with Crippen LogP contribution in [0.4, 0.5) is 5.69 Å². The number of aromatic nitrogens is 2. The van der Waals surface area contributed by atoms with E-state index in [1.165, 1.54) is 0 Å². The van der Waals surface area contributed by atoms with Crippen LogP contribution in [0.2, 0.25) is 0 Å². The van der Waals surface area contributed by atoms with Gasteiger partial charge in [-0.1, -0.05) is 25.1 Å². The van der Waals surface area contributed by atoms with Gasteiger partial charge in [-0.3, -0.25) is 9.48 Å². The van der Waals surface area contributed by atoms with Gasteiger partial charge >= 0.3 is 0 Å². The molecule has 4 nitrogen and oxygen atoms in total. The summed E-state index contributed by atoms with van der Waals surface area (Å²) in [7, 11) is 1.90. The average Bonchev–Trinajstić information content (AvgIpc) is 2.60. The number of hydrogen-bond acceptors (Lipinski definition) is 2. The van der Waals surface area contributed by atoms with Crippen LogP contribution in [0.1, 0.15) is 19.0 Å². The van der Waals surface area contributed by atoms with E-state index in [9.17, 15) is 4.79 Å². The van der Waals surface area contributed by atoms with Crippen LogP contribution >= 0.6 is 0 Å². The number of nitrogens with one attached hydrogen (secondary N) is 1. The summed E-state index contributed by atoms with van der Waals surface area (Å²) in [6.45, 7) is 4.86. The van der Waals surface area contributed by atoms with Crippen LogP contribution in [0.3, 0.4) is 0 Å². The summed E-state index contributed by atoms with van der Waals surface area (Å²) in [5, 5.41) is 3.21. The molecule has 0 aliphatic heterocycles. The van der Waals surface area contributed by atoms with Gasteiger partial charge in [0.15, 0.2) is 0 Å². The van der Waals surface area contributed by atoms with Crippen molar-refractivity contribution in [2.45, 2.75) is 20.3 Å². The third-order valence-corrected chi connectivity index (χ3v) is 3.11. The molecule has 0 saturated heterocycles. The smallest absolute Gasteiger partial charge is 0.295 e. The van der Waals surface area contributed by atoms with Crippen molar-refractivity contribution in [3.63, 3.8) is 0 Å². The monoisotopic (exact) mass is 245 g/mol. The Balaban J connectivity index is 2.53. The van der Waals surface area contributed by atoms with Crippen molar-refractivity contribution in [2.24, 2.45) is 7.05 Å². The SMILES string of the molecule is CCCNc1c(C)n(C)n(-c2ccccc2)c1=O. The Kier molecular flexibility index (Phi) is 3.55. The van der Waals surface area contributed by atoms with Crippen LogP contribution in [0.25, 0.3) is 5.69 Å². The number of anilines is 1. The minimum absolute atomic E-state index is 0.00894. The molecule has 18 heavy (non-hydrogen) atoms. The second-order valence-corrected chi connectivity index (χ2v) is 4.36. The molecule has 0 spiro atoms. The van der Waals surface area contributed by atoms with Crippen molar-refractivity contribution in [3.05, 3.63) is 46.4 Å². The fourth-order valence-electron chi connectivity index (χ4n) is 2.02. The van der Waals surface area contributed by atoms with E-state index in [0.717, 1.165) is 24.3 Å². The number of hydrogen-bond donors (Lipinski definition) is 1. The lowest BCUT2D eigenvalue weighted by Crippen LogP contribution is -2.21. The molecule has 0 atom stereocenters. The van der Waals surface area contributed by atoms with Crippen molar-refractivity contribution < 1.29 is 0 Å². The van der Waals surface area contributed by atoms with Crippen LogP contribution < -0.4 is 10.9 Å². The van der Waals surface area contributed by atoms with Crippen LogP contribution in [0.5, 0.6) is 0 Å². The maximum absolute atomic E-state index is 12.4. The van der Waals surface area contributed by atoms with E-state index in [-0.39, 0.29) is 5.56 Å². The third kappa shape index (κ3) is 2.06. The largest absolute Gasteiger partial charge is 0.379 e. The topological polar surface area (TPSA) is 39.0 Å². The van der Waals surface area contributed by atoms with Gasteiger partial charge in [0.05, 0.1) is 11.4 Å². The summed E-state index contributed by atoms with van der Waals surface area (Å²) >= 11 is 0. The molecule has 0 saturated carbocycles. The Bertz CT molecular complexity index is 581. The van der Waals surface area contributed by atoms with Crippen molar-refractivity contribution in [3.8, 4) is 5.69 Å². The summed E-state index contributed by atoms with van der Waals surface area (Å²) in [5.41, 5.74) is 2.55. The van der Waals surface area contributed by atoms with Crippen molar-refractivity contribution in [2.75, 3.05) is 11.9 Å². The van der Waals surface area contributed by atoms with E-state index in [4.69, 9.17) is 0 Å². The molecule has 1 aromatic carbocycles. The van der Waals surface area contributed by atoms with Crippen molar-refractivity contribution in [1.29, 1.82) is 0 Å². The highest BCUT2D eigenvalue weighted by Crippen LogP contribution is 2.13. The second kappa shape index (κ2) is 5.12. The zero-order chi connectivity index (χ0) is 13.1. The molecule has 1 aromatic heterocycles. The van der Waals surface area contributed by atoms with Gasteiger partial charge in [0, 0.05) is 13.6 Å². The Hall–Kier alpha value is -1.97. The third-order valence-electron chi connectivity index (χ3n) is 3.11. The quantitative estimate of drug-likeness (QED) is 0.897. The molecular weight excluding hydrogens is 226 g/mol. The zero-order valence-corrected chi connectivity index (χ0v) is 11.1. The minimum atomic E-state index is 0.00894. The lowest BCUT2D eigenvalue weighted by Gasteiger charge is -2.07. The highest BCUT2D eigenvalue weighted by Gasteiger charge is 2.14. The van der Waals surface area contributed by atoms with E-state index in [2.05, 4.69) is 12.2 Å². The molecule has 1 heterocycles. The number of nitrogens with zero attached hydrogens (tertiary/aromatic N) is 2. The first-order chi connectivity index (χ1) is 8.66. The normalized spacial score (nSPS) is 10.6. The standard InChI is InChI=1S/C14H19N3O/c1-4-10-15-13-11(2)16(3)17(14(13)18)12-8-6-5-7-9-12/h5-9,15H,4,10H2,1-3H3. The molecule has 2 aromatic rings. The molecule has 1 N–H and O–H groups in total. The highest BCUT2D eigenvalue weighted by molar-refractivity contribution is 5.49. The lowest BCUT2D eigenvalue weighted by atomic mass is 10.3. The fraction of sp³-hybridized carbons (Fsp3) is 0.357. The van der Waals surface area contributed by atoms with Gasteiger partial charge in [-0.05, 0) is 25.5 Å².